The minimum Gasteiger partial charge on any atom is -0.492 e. The summed E-state index contributed by atoms with van der Waals surface area (Å²) in [6.07, 6.45) is 7.30. The van der Waals surface area contributed by atoms with E-state index in [4.69, 9.17) is 4.74 Å². The first-order chi connectivity index (χ1) is 11.2. The number of hydrogen-bond acceptors (Lipinski definition) is 3. The van der Waals surface area contributed by atoms with Gasteiger partial charge in [-0.3, -0.25) is 4.90 Å². The Morgan fingerprint density at radius 2 is 1.96 bits per heavy atom. The molecule has 3 rings (SSSR count). The van der Waals surface area contributed by atoms with Crippen molar-refractivity contribution in [2.45, 2.75) is 32.2 Å². The summed E-state index contributed by atoms with van der Waals surface area (Å²) in [7, 11) is 4.18. The Morgan fingerprint density at radius 3 is 2.70 bits per heavy atom. The first-order valence-corrected chi connectivity index (χ1v) is 8.74. The second kappa shape index (κ2) is 7.84. The zero-order chi connectivity index (χ0) is 16.1. The number of rotatable bonds is 6. The summed E-state index contributed by atoms with van der Waals surface area (Å²) >= 11 is 0. The number of likely N-dealkylation sites (tertiary alicyclic amines) is 1. The predicted molar refractivity (Wildman–Crippen MR) is 94.9 cm³/mol. The summed E-state index contributed by atoms with van der Waals surface area (Å²) < 4.78 is 6.16. The number of hydrogen-bond donors (Lipinski definition) is 1. The maximum absolute atomic E-state index is 6.16. The average molecular weight is 314 g/mol. The highest BCUT2D eigenvalue weighted by Crippen LogP contribution is 2.28. The van der Waals surface area contributed by atoms with E-state index in [1.165, 1.54) is 44.3 Å². The van der Waals surface area contributed by atoms with Gasteiger partial charge in [-0.25, -0.2) is 0 Å². The summed E-state index contributed by atoms with van der Waals surface area (Å²) in [5, 5.41) is 1.13. The lowest BCUT2D eigenvalue weighted by Gasteiger charge is -2.21. The standard InChI is InChI=1S/C19H28N3O/c1-21(2)15-17-18(8-7-16-9-10-20-19(16)17)23-14-13-22-11-5-3-4-6-12-22/h7-8,10,20H,3-6,11-15H2,1-2H3. The fourth-order valence-corrected chi connectivity index (χ4v) is 3.35. The van der Waals surface area contributed by atoms with Crippen LogP contribution in [0.3, 0.4) is 0 Å². The summed E-state index contributed by atoms with van der Waals surface area (Å²) in [4.78, 5) is 8.03. The molecule has 0 aliphatic carbocycles. The van der Waals surface area contributed by atoms with Gasteiger partial charge in [-0.2, -0.15) is 0 Å². The van der Waals surface area contributed by atoms with Gasteiger partial charge < -0.3 is 14.6 Å². The number of fused-ring (bicyclic) bond motifs is 1. The second-order valence-corrected chi connectivity index (χ2v) is 6.74. The van der Waals surface area contributed by atoms with Crippen LogP contribution in [0.25, 0.3) is 10.9 Å². The van der Waals surface area contributed by atoms with Crippen LogP contribution in [-0.2, 0) is 6.54 Å². The molecule has 0 atom stereocenters. The van der Waals surface area contributed by atoms with Crippen LogP contribution in [0.5, 0.6) is 5.75 Å². The lowest BCUT2D eigenvalue weighted by molar-refractivity contribution is 0.212. The molecule has 0 bridgehead atoms. The molecule has 2 heterocycles. The minimum absolute atomic E-state index is 0.760. The van der Waals surface area contributed by atoms with Crippen LogP contribution in [0.2, 0.25) is 0 Å². The zero-order valence-corrected chi connectivity index (χ0v) is 14.4. The second-order valence-electron chi connectivity index (χ2n) is 6.74. The van der Waals surface area contributed by atoms with E-state index < -0.39 is 0 Å². The van der Waals surface area contributed by atoms with Gasteiger partial charge in [0.2, 0.25) is 0 Å². The molecule has 0 amide bonds. The van der Waals surface area contributed by atoms with Crippen molar-refractivity contribution < 1.29 is 4.74 Å². The smallest absolute Gasteiger partial charge is 0.125 e. The average Bonchev–Trinajstić information content (AvgIpc) is 2.85. The van der Waals surface area contributed by atoms with Crippen molar-refractivity contribution >= 4 is 10.9 Å². The van der Waals surface area contributed by atoms with E-state index in [2.05, 4.69) is 47.1 Å². The number of ether oxygens (including phenoxy) is 1. The Hall–Kier alpha value is -1.52. The lowest BCUT2D eigenvalue weighted by Crippen LogP contribution is -2.29. The van der Waals surface area contributed by atoms with Crippen molar-refractivity contribution in [3.8, 4) is 5.75 Å². The van der Waals surface area contributed by atoms with Crippen molar-refractivity contribution in [2.24, 2.45) is 0 Å². The molecule has 2 aromatic rings. The minimum atomic E-state index is 0.760. The van der Waals surface area contributed by atoms with E-state index in [1.54, 1.807) is 0 Å². The van der Waals surface area contributed by atoms with Crippen molar-refractivity contribution in [3.63, 3.8) is 0 Å². The molecule has 0 unspecified atom stereocenters. The Bertz CT molecular complexity index is 612. The van der Waals surface area contributed by atoms with Crippen LogP contribution < -0.4 is 4.74 Å². The van der Waals surface area contributed by atoms with Crippen molar-refractivity contribution in [1.29, 1.82) is 0 Å². The van der Waals surface area contributed by atoms with Gasteiger partial charge >= 0.3 is 0 Å². The van der Waals surface area contributed by atoms with Gasteiger partial charge in [0.25, 0.3) is 0 Å². The highest BCUT2D eigenvalue weighted by atomic mass is 16.5. The fourth-order valence-electron chi connectivity index (χ4n) is 3.35. The molecule has 23 heavy (non-hydrogen) atoms. The third-order valence-electron chi connectivity index (χ3n) is 4.55. The van der Waals surface area contributed by atoms with Crippen LogP contribution >= 0.6 is 0 Å². The van der Waals surface area contributed by atoms with Crippen molar-refractivity contribution in [1.82, 2.24) is 14.8 Å². The quantitative estimate of drug-likeness (QED) is 0.888. The van der Waals surface area contributed by atoms with Gasteiger partial charge in [0.05, 0.1) is 5.52 Å². The van der Waals surface area contributed by atoms with E-state index >= 15 is 0 Å². The van der Waals surface area contributed by atoms with Crippen LogP contribution in [0, 0.1) is 6.07 Å². The molecule has 4 heteroatoms. The van der Waals surface area contributed by atoms with Crippen LogP contribution in [0.4, 0.5) is 0 Å². The molecule has 1 radical (unpaired) electrons. The van der Waals surface area contributed by atoms with Gasteiger partial charge in [0.15, 0.2) is 0 Å². The summed E-state index contributed by atoms with van der Waals surface area (Å²) in [5.74, 6) is 0.997. The van der Waals surface area contributed by atoms with Crippen molar-refractivity contribution in [2.75, 3.05) is 40.3 Å². The number of nitrogens with one attached hydrogen (secondary N) is 1. The number of benzene rings is 1. The lowest BCUT2D eigenvalue weighted by atomic mass is 10.1. The van der Waals surface area contributed by atoms with E-state index in [-0.39, 0.29) is 0 Å². The van der Waals surface area contributed by atoms with Gasteiger partial charge in [-0.1, -0.05) is 12.8 Å². The molecular weight excluding hydrogens is 286 g/mol. The van der Waals surface area contributed by atoms with Crippen LogP contribution in [0.1, 0.15) is 31.2 Å². The first kappa shape index (κ1) is 16.3. The zero-order valence-electron chi connectivity index (χ0n) is 14.4. The molecule has 1 saturated heterocycles. The predicted octanol–water partition coefficient (Wildman–Crippen LogP) is 3.28. The Morgan fingerprint density at radius 1 is 1.17 bits per heavy atom. The topological polar surface area (TPSA) is 31.5 Å². The van der Waals surface area contributed by atoms with Crippen LogP contribution in [-0.4, -0.2) is 55.1 Å². The highest BCUT2D eigenvalue weighted by molar-refractivity contribution is 5.84. The number of aromatic nitrogens is 1. The fraction of sp³-hybridized carbons (Fsp3) is 0.579. The Balaban J connectivity index is 1.66. The molecule has 125 valence electrons. The van der Waals surface area contributed by atoms with Gasteiger partial charge in [-0.15, -0.1) is 0 Å². The molecule has 0 spiro atoms. The number of nitrogens with zero attached hydrogens (tertiary/aromatic N) is 2. The Kier molecular flexibility index (Phi) is 5.57. The monoisotopic (exact) mass is 314 g/mol. The van der Waals surface area contributed by atoms with E-state index in [0.717, 1.165) is 36.3 Å². The number of aromatic amines is 1. The molecule has 0 saturated carbocycles. The van der Waals surface area contributed by atoms with E-state index in [1.807, 2.05) is 6.20 Å². The highest BCUT2D eigenvalue weighted by Gasteiger charge is 2.13. The van der Waals surface area contributed by atoms with Gasteiger partial charge in [0, 0.05) is 36.3 Å². The SMILES string of the molecule is CN(C)Cc1c(OCCN2CCCCCC2)ccc2[c]c[nH]c12. The van der Waals surface area contributed by atoms with Crippen LogP contribution in [0.15, 0.2) is 18.3 Å². The number of H-pyrrole nitrogens is 1. The molecule has 1 N–H and O–H groups in total. The molecule has 4 nitrogen and oxygen atoms in total. The van der Waals surface area contributed by atoms with E-state index in [0.29, 0.717) is 0 Å². The van der Waals surface area contributed by atoms with Gasteiger partial charge in [0.1, 0.15) is 12.4 Å². The Labute approximate surface area is 139 Å². The molecule has 1 fully saturated rings. The molecule has 1 aromatic heterocycles. The maximum Gasteiger partial charge on any atom is 0.125 e. The molecule has 1 aromatic carbocycles. The third kappa shape index (κ3) is 4.27. The largest absolute Gasteiger partial charge is 0.492 e. The molecule has 1 aliphatic rings. The third-order valence-corrected chi connectivity index (χ3v) is 4.55. The normalized spacial score (nSPS) is 16.8. The first-order valence-electron chi connectivity index (χ1n) is 8.74. The molecule has 1 aliphatic heterocycles. The summed E-state index contributed by atoms with van der Waals surface area (Å²) in [5.41, 5.74) is 2.37. The maximum atomic E-state index is 6.16. The van der Waals surface area contributed by atoms with Crippen molar-refractivity contribution in [3.05, 3.63) is 30.0 Å². The molecular formula is C19H28N3O. The van der Waals surface area contributed by atoms with Gasteiger partial charge in [-0.05, 0) is 52.2 Å². The summed E-state index contributed by atoms with van der Waals surface area (Å²) in [6.45, 7) is 5.09. The van der Waals surface area contributed by atoms with E-state index in [9.17, 15) is 0 Å². The summed E-state index contributed by atoms with van der Waals surface area (Å²) in [6, 6.07) is 7.42.